The van der Waals surface area contributed by atoms with E-state index in [0.717, 1.165) is 0 Å². The minimum absolute atomic E-state index is 0. The van der Waals surface area contributed by atoms with Gasteiger partial charge in [0.05, 0.1) is 0 Å². The van der Waals surface area contributed by atoms with E-state index in [1.807, 2.05) is 38.0 Å². The van der Waals surface area contributed by atoms with Gasteiger partial charge < -0.3 is 9.80 Å². The highest BCUT2D eigenvalue weighted by Crippen LogP contribution is 2.37. The van der Waals surface area contributed by atoms with Crippen LogP contribution in [0.4, 0.5) is 0 Å². The summed E-state index contributed by atoms with van der Waals surface area (Å²) >= 11 is 0. The molecule has 0 unspecified atom stereocenters. The third-order valence-electron chi connectivity index (χ3n) is 5.60. The van der Waals surface area contributed by atoms with Gasteiger partial charge in [0.25, 0.3) is 23.6 Å². The van der Waals surface area contributed by atoms with Gasteiger partial charge in [-0.25, -0.2) is 0 Å². The van der Waals surface area contributed by atoms with Crippen molar-refractivity contribution in [3.8, 4) is 0 Å². The third-order valence-corrected chi connectivity index (χ3v) is 5.60. The predicted molar refractivity (Wildman–Crippen MR) is 119 cm³/mol. The number of carbonyl (C=O) groups excluding carboxylic acids is 4. The van der Waals surface area contributed by atoms with E-state index in [2.05, 4.69) is 0 Å². The van der Waals surface area contributed by atoms with Gasteiger partial charge in [-0.05, 0) is 52.5 Å². The molecule has 2 aromatic carbocycles. The fourth-order valence-electron chi connectivity index (χ4n) is 3.98. The van der Waals surface area contributed by atoms with Crippen LogP contribution in [0, 0.1) is 0 Å². The average Bonchev–Trinajstić information content (AvgIpc) is 2.69. The summed E-state index contributed by atoms with van der Waals surface area (Å²) in [4.78, 5) is 58.5. The van der Waals surface area contributed by atoms with Gasteiger partial charge in [-0.2, -0.15) is 0 Å². The molecule has 2 aliphatic rings. The molecular formula is C22H25ClN4O4. The highest BCUT2D eigenvalue weighted by Gasteiger charge is 2.39. The second kappa shape index (κ2) is 8.37. The molecule has 31 heavy (non-hydrogen) atoms. The summed E-state index contributed by atoms with van der Waals surface area (Å²) in [6, 6.07) is 6.39. The zero-order valence-electron chi connectivity index (χ0n) is 18.0. The first-order valence-corrected chi connectivity index (χ1v) is 9.84. The lowest BCUT2D eigenvalue weighted by atomic mass is 9.86. The van der Waals surface area contributed by atoms with E-state index in [4.69, 9.17) is 0 Å². The van der Waals surface area contributed by atoms with Gasteiger partial charge in [0, 0.05) is 59.2 Å². The number of imide groups is 2. The van der Waals surface area contributed by atoms with Crippen LogP contribution in [-0.4, -0.2) is 97.6 Å². The van der Waals surface area contributed by atoms with Crippen LogP contribution in [0.2, 0.25) is 0 Å². The zero-order chi connectivity index (χ0) is 21.7. The van der Waals surface area contributed by atoms with Crippen molar-refractivity contribution >= 4 is 46.8 Å². The van der Waals surface area contributed by atoms with Crippen molar-refractivity contribution in [3.05, 3.63) is 46.5 Å². The number of hydrogen-bond donors (Lipinski definition) is 0. The monoisotopic (exact) mass is 444 g/mol. The first-order chi connectivity index (χ1) is 14.2. The molecule has 2 heterocycles. The van der Waals surface area contributed by atoms with Gasteiger partial charge in [0.1, 0.15) is 0 Å². The van der Waals surface area contributed by atoms with Crippen molar-refractivity contribution in [1.82, 2.24) is 19.6 Å². The maximum atomic E-state index is 13.1. The van der Waals surface area contributed by atoms with E-state index >= 15 is 0 Å². The Labute approximate surface area is 186 Å². The normalized spacial score (nSPS) is 15.4. The topological polar surface area (TPSA) is 81.2 Å². The van der Waals surface area contributed by atoms with Crippen molar-refractivity contribution in [3.63, 3.8) is 0 Å². The molecule has 4 rings (SSSR count). The zero-order valence-corrected chi connectivity index (χ0v) is 18.8. The number of carbonyl (C=O) groups is 4. The molecule has 0 aromatic heterocycles. The number of halogens is 1. The van der Waals surface area contributed by atoms with Crippen LogP contribution >= 0.6 is 12.4 Å². The largest absolute Gasteiger partial charge is 0.308 e. The van der Waals surface area contributed by atoms with E-state index in [9.17, 15) is 19.2 Å². The molecule has 2 aromatic rings. The Morgan fingerprint density at radius 2 is 0.839 bits per heavy atom. The van der Waals surface area contributed by atoms with Gasteiger partial charge >= 0.3 is 0 Å². The average molecular weight is 445 g/mol. The van der Waals surface area contributed by atoms with Crippen molar-refractivity contribution in [2.24, 2.45) is 0 Å². The number of benzene rings is 2. The molecular weight excluding hydrogens is 420 g/mol. The predicted octanol–water partition coefficient (Wildman–Crippen LogP) is 1.58. The maximum Gasteiger partial charge on any atom is 0.261 e. The molecule has 8 nitrogen and oxygen atoms in total. The summed E-state index contributed by atoms with van der Waals surface area (Å²) in [5, 5.41) is 0.824. The lowest BCUT2D eigenvalue weighted by Crippen LogP contribution is -2.46. The maximum absolute atomic E-state index is 13.1. The summed E-state index contributed by atoms with van der Waals surface area (Å²) < 4.78 is 0. The van der Waals surface area contributed by atoms with E-state index in [-0.39, 0.29) is 25.5 Å². The van der Waals surface area contributed by atoms with Gasteiger partial charge in [0.2, 0.25) is 0 Å². The number of rotatable bonds is 6. The van der Waals surface area contributed by atoms with Crippen molar-refractivity contribution in [1.29, 1.82) is 0 Å². The Balaban J connectivity index is 0.00000272. The summed E-state index contributed by atoms with van der Waals surface area (Å²) in [6.45, 7) is 1.63. The van der Waals surface area contributed by atoms with Crippen LogP contribution in [0.25, 0.3) is 10.8 Å². The van der Waals surface area contributed by atoms with Crippen LogP contribution in [-0.2, 0) is 0 Å². The van der Waals surface area contributed by atoms with Crippen molar-refractivity contribution in [2.45, 2.75) is 0 Å². The van der Waals surface area contributed by atoms with Crippen LogP contribution < -0.4 is 0 Å². The van der Waals surface area contributed by atoms with Crippen LogP contribution in [0.5, 0.6) is 0 Å². The molecule has 0 fully saturated rings. The number of nitrogens with zero attached hydrogens (tertiary/aromatic N) is 4. The Morgan fingerprint density at radius 1 is 0.581 bits per heavy atom. The van der Waals surface area contributed by atoms with E-state index in [1.165, 1.54) is 9.80 Å². The SMILES string of the molecule is CN(C)CCN1C(=O)c2ccc3c4c(ccc(c24)C1=O)C(=O)N(CCN(C)C)C3=O.Cl. The fraction of sp³-hybridized carbons (Fsp3) is 0.364. The molecule has 0 saturated carbocycles. The van der Waals surface area contributed by atoms with Gasteiger partial charge in [-0.3, -0.25) is 29.0 Å². The molecule has 2 aliphatic heterocycles. The minimum atomic E-state index is -0.395. The molecule has 9 heteroatoms. The first kappa shape index (κ1) is 22.9. The first-order valence-electron chi connectivity index (χ1n) is 9.84. The Bertz CT molecular complexity index is 955. The molecule has 0 spiro atoms. The highest BCUT2D eigenvalue weighted by atomic mass is 35.5. The minimum Gasteiger partial charge on any atom is -0.308 e. The molecule has 0 N–H and O–H groups in total. The van der Waals surface area contributed by atoms with E-state index < -0.39 is 23.6 Å². The van der Waals surface area contributed by atoms with Crippen LogP contribution in [0.15, 0.2) is 24.3 Å². The Kier molecular flexibility index (Phi) is 6.18. The van der Waals surface area contributed by atoms with E-state index in [0.29, 0.717) is 46.1 Å². The molecule has 4 amide bonds. The van der Waals surface area contributed by atoms with Crippen molar-refractivity contribution in [2.75, 3.05) is 54.4 Å². The van der Waals surface area contributed by atoms with Crippen LogP contribution in [0.3, 0.4) is 0 Å². The van der Waals surface area contributed by atoms with Crippen molar-refractivity contribution < 1.29 is 19.2 Å². The molecule has 0 radical (unpaired) electrons. The van der Waals surface area contributed by atoms with Gasteiger partial charge in [0.15, 0.2) is 0 Å². The number of likely N-dealkylation sites (N-methyl/N-ethyl adjacent to an activating group) is 2. The summed E-state index contributed by atoms with van der Waals surface area (Å²) in [5.74, 6) is -1.58. The fourth-order valence-corrected chi connectivity index (χ4v) is 3.98. The Morgan fingerprint density at radius 3 is 1.06 bits per heavy atom. The standard InChI is InChI=1S/C22H24N4O4.ClH/c1-23(2)9-11-25-19(27)13-5-7-15-18-16(8-6-14(17(13)18)20(25)28)22(30)26(21(15)29)12-10-24(3)4;/h5-8H,9-12H2,1-4H3;1H. The lowest BCUT2D eigenvalue weighted by molar-refractivity contribution is 0.0579. The molecule has 0 aliphatic carbocycles. The van der Waals surface area contributed by atoms with E-state index in [1.54, 1.807) is 24.3 Å². The quantitative estimate of drug-likeness (QED) is 0.629. The number of amides is 4. The third kappa shape index (κ3) is 3.60. The van der Waals surface area contributed by atoms with Crippen LogP contribution in [0.1, 0.15) is 41.4 Å². The van der Waals surface area contributed by atoms with Gasteiger partial charge in [-0.15, -0.1) is 12.4 Å². The highest BCUT2D eigenvalue weighted by molar-refractivity contribution is 6.33. The number of hydrogen-bond acceptors (Lipinski definition) is 6. The second-order valence-electron chi connectivity index (χ2n) is 8.20. The molecule has 0 saturated heterocycles. The molecule has 0 atom stereocenters. The Hall–Kier alpha value is -2.81. The summed E-state index contributed by atoms with van der Waals surface area (Å²) in [7, 11) is 7.49. The lowest BCUT2D eigenvalue weighted by Gasteiger charge is -2.32. The second-order valence-corrected chi connectivity index (χ2v) is 8.20. The summed E-state index contributed by atoms with van der Waals surface area (Å²) in [6.07, 6.45) is 0. The molecule has 0 bridgehead atoms. The summed E-state index contributed by atoms with van der Waals surface area (Å²) in [5.41, 5.74) is 1.41. The smallest absolute Gasteiger partial charge is 0.261 e. The van der Waals surface area contributed by atoms with Gasteiger partial charge in [-0.1, -0.05) is 0 Å². The molecule has 164 valence electrons.